The molecule has 0 aliphatic carbocycles. The second-order valence-corrected chi connectivity index (χ2v) is 6.77. The third-order valence-corrected chi connectivity index (χ3v) is 4.54. The molecule has 3 nitrogen and oxygen atoms in total. The molecule has 2 aromatic carbocycles. The Labute approximate surface area is 185 Å². The van der Waals surface area contributed by atoms with E-state index in [9.17, 15) is 0 Å². The minimum absolute atomic E-state index is 0. The van der Waals surface area contributed by atoms with Crippen LogP contribution in [0, 0.1) is 6.07 Å². The summed E-state index contributed by atoms with van der Waals surface area (Å²) in [5, 5.41) is 2.28. The molecule has 0 spiro atoms. The van der Waals surface area contributed by atoms with E-state index in [-0.39, 0.29) is 20.1 Å². The molecule has 3 aromatic heterocycles. The van der Waals surface area contributed by atoms with E-state index >= 15 is 0 Å². The predicted octanol–water partition coefficient (Wildman–Crippen LogP) is 6.09. The van der Waals surface area contributed by atoms with Crippen LogP contribution in [0.5, 0.6) is 0 Å². The number of fused-ring (bicyclic) bond motifs is 3. The Morgan fingerprint density at radius 3 is 1.89 bits per heavy atom. The molecule has 5 aromatic rings. The molecule has 5 rings (SSSR count). The predicted molar refractivity (Wildman–Crippen MR) is 113 cm³/mol. The van der Waals surface area contributed by atoms with Crippen molar-refractivity contribution in [3.05, 3.63) is 102 Å². The second kappa shape index (κ2) is 9.65. The van der Waals surface area contributed by atoms with E-state index in [1.807, 2.05) is 48.5 Å². The van der Waals surface area contributed by atoms with Gasteiger partial charge in [0.15, 0.2) is 0 Å². The van der Waals surface area contributed by atoms with Crippen LogP contribution in [-0.4, -0.2) is 15.0 Å². The first-order valence-electron chi connectivity index (χ1n) is 8.48. The molecule has 0 saturated carbocycles. The maximum absolute atomic E-state index is 4.35. The molecule has 0 atom stereocenters. The van der Waals surface area contributed by atoms with Crippen LogP contribution in [0.2, 0.25) is 0 Å². The number of hydrogen-bond acceptors (Lipinski definition) is 3. The Hall–Kier alpha value is -2.46. The molecule has 0 unspecified atom stereocenters. The maximum atomic E-state index is 4.35. The van der Waals surface area contributed by atoms with Crippen LogP contribution >= 0.6 is 15.9 Å². The van der Waals surface area contributed by atoms with Gasteiger partial charge in [-0.3, -0.25) is 9.97 Å². The van der Waals surface area contributed by atoms with Crippen molar-refractivity contribution in [2.24, 2.45) is 0 Å². The molecule has 0 N–H and O–H groups in total. The van der Waals surface area contributed by atoms with Gasteiger partial charge in [0.05, 0.1) is 11.0 Å². The van der Waals surface area contributed by atoms with Crippen LogP contribution in [0.4, 0.5) is 0 Å². The molecule has 0 bridgehead atoms. The topological polar surface area (TPSA) is 38.7 Å². The molecule has 5 heteroatoms. The average Bonchev–Trinajstić information content (AvgIpc) is 2.75. The zero-order valence-electron chi connectivity index (χ0n) is 14.7. The zero-order chi connectivity index (χ0) is 18.5. The number of nitrogens with zero attached hydrogens (tertiary/aromatic N) is 3. The van der Waals surface area contributed by atoms with Gasteiger partial charge in [0.25, 0.3) is 0 Å². The van der Waals surface area contributed by atoms with Crippen LogP contribution in [0.3, 0.4) is 0 Å². The number of pyridine rings is 3. The molecule has 0 saturated heterocycles. The monoisotopic (exact) mass is 605 g/mol. The van der Waals surface area contributed by atoms with Crippen molar-refractivity contribution in [1.82, 2.24) is 15.0 Å². The largest absolute Gasteiger partial charge is 0.305 e. The van der Waals surface area contributed by atoms with Crippen LogP contribution in [-0.2, 0) is 20.1 Å². The Morgan fingerprint density at radius 1 is 0.679 bits per heavy atom. The first kappa shape index (κ1) is 20.3. The fourth-order valence-corrected chi connectivity index (χ4v) is 3.15. The molecule has 0 aliphatic heterocycles. The smallest absolute Gasteiger partial charge is 0.0964 e. The third-order valence-electron chi connectivity index (χ3n) is 4.05. The normalized spacial score (nSPS) is 10.0. The van der Waals surface area contributed by atoms with Crippen molar-refractivity contribution in [1.29, 1.82) is 0 Å². The van der Waals surface area contributed by atoms with Gasteiger partial charge in [-0.15, -0.1) is 29.8 Å². The Morgan fingerprint density at radius 2 is 1.32 bits per heavy atom. The average molecular weight is 606 g/mol. The summed E-state index contributed by atoms with van der Waals surface area (Å²) in [6, 6.07) is 27.0. The van der Waals surface area contributed by atoms with Gasteiger partial charge in [-0.1, -0.05) is 56.8 Å². The summed E-state index contributed by atoms with van der Waals surface area (Å²) in [5.41, 5.74) is 3.91. The quantitative estimate of drug-likeness (QED) is 0.172. The first-order chi connectivity index (χ1) is 13.3. The summed E-state index contributed by atoms with van der Waals surface area (Å²) >= 11 is 3.41. The third kappa shape index (κ3) is 4.68. The van der Waals surface area contributed by atoms with Gasteiger partial charge in [-0.05, 0) is 23.9 Å². The number of benzene rings is 2. The van der Waals surface area contributed by atoms with Gasteiger partial charge in [0.2, 0.25) is 0 Å². The summed E-state index contributed by atoms with van der Waals surface area (Å²) < 4.78 is 1.05. The van der Waals surface area contributed by atoms with Gasteiger partial charge in [0.1, 0.15) is 0 Å². The van der Waals surface area contributed by atoms with Crippen LogP contribution in [0.15, 0.2) is 95.9 Å². The summed E-state index contributed by atoms with van der Waals surface area (Å²) in [6.45, 7) is 0. The van der Waals surface area contributed by atoms with Crippen LogP contribution in [0.1, 0.15) is 0 Å². The first-order valence-corrected chi connectivity index (χ1v) is 9.28. The number of hydrogen-bond donors (Lipinski definition) is 0. The summed E-state index contributed by atoms with van der Waals surface area (Å²) in [6.07, 6.45) is 5.39. The Balaban J connectivity index is 0.000000156. The van der Waals surface area contributed by atoms with E-state index in [0.717, 1.165) is 37.5 Å². The fraction of sp³-hybridized carbons (Fsp3) is 0. The van der Waals surface area contributed by atoms with Crippen LogP contribution < -0.4 is 0 Å². The number of halogens is 1. The fourth-order valence-electron chi connectivity index (χ4n) is 2.79. The zero-order valence-corrected chi connectivity index (χ0v) is 18.7. The van der Waals surface area contributed by atoms with E-state index in [0.29, 0.717) is 0 Å². The van der Waals surface area contributed by atoms with E-state index in [1.54, 1.807) is 18.6 Å². The molecule has 0 aliphatic rings. The van der Waals surface area contributed by atoms with Gasteiger partial charge < -0.3 is 4.98 Å². The van der Waals surface area contributed by atoms with Gasteiger partial charge in [-0.2, -0.15) is 0 Å². The van der Waals surface area contributed by atoms with Crippen molar-refractivity contribution >= 4 is 37.7 Å². The molecule has 28 heavy (non-hydrogen) atoms. The molecule has 0 fully saturated rings. The second-order valence-electron chi connectivity index (χ2n) is 5.85. The molecule has 3 heterocycles. The standard InChI is InChI=1S/C12H8N2.C11H7BrN.Ir/c1-3-9-5-6-10-4-2-8-14-12(10)11(9)13-7-1;12-10-5-3-4-9(8-10)11-6-1-2-7-13-11;/h1-8H;1-3,5-8H;/q;-1;. The summed E-state index contributed by atoms with van der Waals surface area (Å²) in [5.74, 6) is 0. The molecule has 139 valence electrons. The minimum atomic E-state index is 0. The van der Waals surface area contributed by atoms with Gasteiger partial charge in [0, 0.05) is 49.5 Å². The molecule has 0 amide bonds. The van der Waals surface area contributed by atoms with Crippen molar-refractivity contribution in [2.45, 2.75) is 0 Å². The van der Waals surface area contributed by atoms with E-state index < -0.39 is 0 Å². The van der Waals surface area contributed by atoms with Crippen molar-refractivity contribution < 1.29 is 20.1 Å². The van der Waals surface area contributed by atoms with Gasteiger partial charge >= 0.3 is 0 Å². The summed E-state index contributed by atoms with van der Waals surface area (Å²) in [7, 11) is 0. The Bertz CT molecular complexity index is 1140. The van der Waals surface area contributed by atoms with Crippen molar-refractivity contribution in [3.8, 4) is 11.3 Å². The van der Waals surface area contributed by atoms with Crippen LogP contribution in [0.25, 0.3) is 33.1 Å². The SMILES string of the molecule is Brc1cc[c-]c(-c2ccccn2)c1.[Ir].c1cnc2c(c1)ccc1cccnc12. The Kier molecular flexibility index (Phi) is 6.99. The van der Waals surface area contributed by atoms with E-state index in [2.05, 4.69) is 61.2 Å². The van der Waals surface area contributed by atoms with Gasteiger partial charge in [-0.25, -0.2) is 0 Å². The van der Waals surface area contributed by atoms with E-state index in [4.69, 9.17) is 0 Å². The van der Waals surface area contributed by atoms with Crippen molar-refractivity contribution in [3.63, 3.8) is 0 Å². The number of aromatic nitrogens is 3. The van der Waals surface area contributed by atoms with E-state index in [1.165, 1.54) is 0 Å². The molecular weight excluding hydrogens is 590 g/mol. The minimum Gasteiger partial charge on any atom is -0.305 e. The maximum Gasteiger partial charge on any atom is 0.0964 e. The summed E-state index contributed by atoms with van der Waals surface area (Å²) in [4.78, 5) is 12.9. The van der Waals surface area contributed by atoms with Crippen molar-refractivity contribution in [2.75, 3.05) is 0 Å². The molecular formula is C23H15BrIrN3-. The molecule has 1 radical (unpaired) electrons. The number of rotatable bonds is 1.